The standard InChI is InChI=1S/C12H14ClNO2.ClH/c13-9-1-2-10-8(5-9)3-4-12(10,7-14)6-11(15)16;/h1-2,5H,3-4,6-7,14H2,(H,15,16);1H. The number of aliphatic carboxylic acids is 1. The van der Waals surface area contributed by atoms with Crippen LogP contribution < -0.4 is 5.73 Å². The van der Waals surface area contributed by atoms with Crippen molar-refractivity contribution < 1.29 is 9.90 Å². The van der Waals surface area contributed by atoms with E-state index >= 15 is 0 Å². The van der Waals surface area contributed by atoms with E-state index in [1.54, 1.807) is 6.07 Å². The van der Waals surface area contributed by atoms with Gasteiger partial charge in [0, 0.05) is 17.0 Å². The fourth-order valence-corrected chi connectivity index (χ4v) is 2.75. The fourth-order valence-electron chi connectivity index (χ4n) is 2.55. The zero-order valence-corrected chi connectivity index (χ0v) is 10.9. The van der Waals surface area contributed by atoms with Crippen molar-refractivity contribution in [1.82, 2.24) is 0 Å². The molecule has 1 aliphatic carbocycles. The Morgan fingerprint density at radius 2 is 2.24 bits per heavy atom. The highest BCUT2D eigenvalue weighted by atomic mass is 35.5. The molecule has 0 aliphatic heterocycles. The van der Waals surface area contributed by atoms with Gasteiger partial charge in [0.05, 0.1) is 6.42 Å². The first-order chi connectivity index (χ1) is 7.57. The van der Waals surface area contributed by atoms with Crippen molar-refractivity contribution in [1.29, 1.82) is 0 Å². The molecule has 3 nitrogen and oxygen atoms in total. The molecule has 0 bridgehead atoms. The highest BCUT2D eigenvalue weighted by Gasteiger charge is 2.39. The van der Waals surface area contributed by atoms with Gasteiger partial charge in [-0.05, 0) is 36.1 Å². The van der Waals surface area contributed by atoms with Gasteiger partial charge >= 0.3 is 5.97 Å². The molecule has 0 spiro atoms. The smallest absolute Gasteiger partial charge is 0.304 e. The topological polar surface area (TPSA) is 63.3 Å². The van der Waals surface area contributed by atoms with Crippen LogP contribution in [0.25, 0.3) is 0 Å². The summed E-state index contributed by atoms with van der Waals surface area (Å²) in [5, 5.41) is 9.66. The van der Waals surface area contributed by atoms with Crippen LogP contribution in [0.5, 0.6) is 0 Å². The van der Waals surface area contributed by atoms with E-state index in [1.165, 1.54) is 0 Å². The zero-order chi connectivity index (χ0) is 11.8. The van der Waals surface area contributed by atoms with Gasteiger partial charge in [-0.25, -0.2) is 0 Å². The molecule has 2 rings (SSSR count). The second-order valence-corrected chi connectivity index (χ2v) is 4.79. The number of carbonyl (C=O) groups is 1. The number of benzene rings is 1. The molecule has 17 heavy (non-hydrogen) atoms. The van der Waals surface area contributed by atoms with Crippen LogP contribution in [0.4, 0.5) is 0 Å². The van der Waals surface area contributed by atoms with Crippen molar-refractivity contribution in [2.24, 2.45) is 5.73 Å². The van der Waals surface area contributed by atoms with Crippen molar-refractivity contribution in [3.63, 3.8) is 0 Å². The van der Waals surface area contributed by atoms with Crippen LogP contribution in [-0.2, 0) is 16.6 Å². The second kappa shape index (κ2) is 5.25. The Kier molecular flexibility index (Phi) is 4.42. The molecule has 1 aromatic rings. The molecule has 1 atom stereocenters. The maximum atomic E-state index is 10.9. The van der Waals surface area contributed by atoms with Gasteiger partial charge in [0.25, 0.3) is 0 Å². The molecule has 1 aromatic carbocycles. The summed E-state index contributed by atoms with van der Waals surface area (Å²) in [6.07, 6.45) is 1.75. The largest absolute Gasteiger partial charge is 0.481 e. The third-order valence-corrected chi connectivity index (χ3v) is 3.63. The lowest BCUT2D eigenvalue weighted by molar-refractivity contribution is -0.138. The molecule has 0 amide bonds. The molecule has 3 N–H and O–H groups in total. The minimum Gasteiger partial charge on any atom is -0.481 e. The monoisotopic (exact) mass is 275 g/mol. The maximum Gasteiger partial charge on any atom is 0.304 e. The summed E-state index contributed by atoms with van der Waals surface area (Å²) in [5.41, 5.74) is 7.57. The summed E-state index contributed by atoms with van der Waals surface area (Å²) < 4.78 is 0. The van der Waals surface area contributed by atoms with Gasteiger partial charge in [0.2, 0.25) is 0 Å². The third kappa shape index (κ3) is 2.57. The SMILES string of the molecule is Cl.NCC1(CC(=O)O)CCc2cc(Cl)ccc21. The van der Waals surface area contributed by atoms with Crippen molar-refractivity contribution in [2.45, 2.75) is 24.7 Å². The van der Waals surface area contributed by atoms with Crippen LogP contribution in [0, 0.1) is 0 Å². The van der Waals surface area contributed by atoms with Crippen molar-refractivity contribution in [3.8, 4) is 0 Å². The number of rotatable bonds is 3. The first-order valence-electron chi connectivity index (χ1n) is 5.28. The first-order valence-corrected chi connectivity index (χ1v) is 5.66. The highest BCUT2D eigenvalue weighted by Crippen LogP contribution is 2.41. The molecular formula is C12H15Cl2NO2. The fraction of sp³-hybridized carbons (Fsp3) is 0.417. The number of carboxylic acids is 1. The molecular weight excluding hydrogens is 261 g/mol. The Balaban J connectivity index is 0.00000144. The zero-order valence-electron chi connectivity index (χ0n) is 9.28. The summed E-state index contributed by atoms with van der Waals surface area (Å²) in [5.74, 6) is -0.798. The van der Waals surface area contributed by atoms with Gasteiger partial charge in [0.1, 0.15) is 0 Å². The van der Waals surface area contributed by atoms with Crippen LogP contribution in [0.15, 0.2) is 18.2 Å². The van der Waals surface area contributed by atoms with Crippen molar-refractivity contribution in [2.75, 3.05) is 6.54 Å². The molecule has 1 unspecified atom stereocenters. The summed E-state index contributed by atoms with van der Waals surface area (Å²) in [7, 11) is 0. The number of nitrogens with two attached hydrogens (primary N) is 1. The first kappa shape index (κ1) is 14.3. The van der Waals surface area contributed by atoms with Crippen LogP contribution in [0.1, 0.15) is 24.0 Å². The number of aryl methyl sites for hydroxylation is 1. The number of carboxylic acid groups (broad SMARTS) is 1. The van der Waals surface area contributed by atoms with Gasteiger partial charge < -0.3 is 10.8 Å². The predicted molar refractivity (Wildman–Crippen MR) is 70.0 cm³/mol. The van der Waals surface area contributed by atoms with Gasteiger partial charge in [-0.2, -0.15) is 0 Å². The lowest BCUT2D eigenvalue weighted by atomic mass is 9.79. The number of fused-ring (bicyclic) bond motifs is 1. The number of hydrogen-bond acceptors (Lipinski definition) is 2. The molecule has 0 saturated heterocycles. The molecule has 0 fully saturated rings. The summed E-state index contributed by atoms with van der Waals surface area (Å²) in [6.45, 7) is 0.369. The van der Waals surface area contributed by atoms with Crippen molar-refractivity contribution >= 4 is 30.0 Å². The van der Waals surface area contributed by atoms with E-state index < -0.39 is 11.4 Å². The Labute approximate surface area is 111 Å². The Morgan fingerprint density at radius 3 is 2.82 bits per heavy atom. The maximum absolute atomic E-state index is 10.9. The number of halogens is 2. The minimum atomic E-state index is -0.798. The summed E-state index contributed by atoms with van der Waals surface area (Å²) in [6, 6.07) is 5.63. The average molecular weight is 276 g/mol. The molecule has 0 saturated carbocycles. The van der Waals surface area contributed by atoms with Gasteiger partial charge in [0.15, 0.2) is 0 Å². The highest BCUT2D eigenvalue weighted by molar-refractivity contribution is 6.30. The molecule has 0 radical (unpaired) electrons. The van der Waals surface area contributed by atoms with E-state index in [4.69, 9.17) is 22.4 Å². The lowest BCUT2D eigenvalue weighted by Crippen LogP contribution is -2.35. The third-order valence-electron chi connectivity index (χ3n) is 3.39. The van der Waals surface area contributed by atoms with E-state index in [0.717, 1.165) is 24.0 Å². The van der Waals surface area contributed by atoms with E-state index in [9.17, 15) is 4.79 Å². The lowest BCUT2D eigenvalue weighted by Gasteiger charge is -2.26. The molecule has 0 heterocycles. The van der Waals surface area contributed by atoms with E-state index in [-0.39, 0.29) is 18.8 Å². The van der Waals surface area contributed by atoms with Crippen LogP contribution in [0.3, 0.4) is 0 Å². The number of hydrogen-bond donors (Lipinski definition) is 2. The van der Waals surface area contributed by atoms with Gasteiger partial charge in [-0.1, -0.05) is 17.7 Å². The Hall–Kier alpha value is -0.770. The van der Waals surface area contributed by atoms with E-state index in [2.05, 4.69) is 0 Å². The predicted octanol–water partition coefficient (Wildman–Crippen LogP) is 2.38. The van der Waals surface area contributed by atoms with E-state index in [0.29, 0.717) is 11.6 Å². The minimum absolute atomic E-state index is 0. The molecule has 5 heteroatoms. The molecule has 1 aliphatic rings. The van der Waals surface area contributed by atoms with E-state index in [1.807, 2.05) is 12.1 Å². The van der Waals surface area contributed by atoms with Crippen LogP contribution >= 0.6 is 24.0 Å². The normalized spacial score (nSPS) is 21.8. The van der Waals surface area contributed by atoms with Crippen LogP contribution in [-0.4, -0.2) is 17.6 Å². The van der Waals surface area contributed by atoms with Crippen LogP contribution in [0.2, 0.25) is 5.02 Å². The second-order valence-electron chi connectivity index (χ2n) is 4.36. The Morgan fingerprint density at radius 1 is 1.53 bits per heavy atom. The molecule has 94 valence electrons. The summed E-state index contributed by atoms with van der Waals surface area (Å²) >= 11 is 5.92. The van der Waals surface area contributed by atoms with Gasteiger partial charge in [-0.15, -0.1) is 12.4 Å². The Bertz CT molecular complexity index is 437. The quantitative estimate of drug-likeness (QED) is 0.890. The van der Waals surface area contributed by atoms with Crippen molar-refractivity contribution in [3.05, 3.63) is 34.3 Å². The molecule has 0 aromatic heterocycles. The summed E-state index contributed by atoms with van der Waals surface area (Å²) in [4.78, 5) is 10.9. The average Bonchev–Trinajstić information content (AvgIpc) is 2.56. The van der Waals surface area contributed by atoms with Gasteiger partial charge in [-0.3, -0.25) is 4.79 Å².